The number of likely N-dealkylation sites (tertiary alicyclic amines) is 1. The molecule has 9 heteroatoms. The van der Waals surface area contributed by atoms with Crippen molar-refractivity contribution in [1.29, 1.82) is 0 Å². The van der Waals surface area contributed by atoms with Crippen LogP contribution in [0.25, 0.3) is 0 Å². The van der Waals surface area contributed by atoms with Gasteiger partial charge in [0.25, 0.3) is 10.0 Å². The molecule has 1 heterocycles. The van der Waals surface area contributed by atoms with Crippen LogP contribution in [0.2, 0.25) is 0 Å². The van der Waals surface area contributed by atoms with Crippen molar-refractivity contribution in [1.82, 2.24) is 4.90 Å². The minimum absolute atomic E-state index is 0.0303. The molecule has 2 aromatic rings. The van der Waals surface area contributed by atoms with Gasteiger partial charge in [0.05, 0.1) is 5.69 Å². The van der Waals surface area contributed by atoms with Crippen molar-refractivity contribution in [3.63, 3.8) is 0 Å². The number of carbonyl (C=O) groups excluding carboxylic acids is 2. The number of nitrogens with zero attached hydrogens (tertiary/aromatic N) is 1. The monoisotopic (exact) mass is 506 g/mol. The third-order valence-electron chi connectivity index (χ3n) is 5.42. The van der Waals surface area contributed by atoms with Gasteiger partial charge in [-0.1, -0.05) is 53.0 Å². The van der Waals surface area contributed by atoms with Crippen molar-refractivity contribution in [3.8, 4) is 0 Å². The minimum Gasteiger partial charge on any atom is -0.367 e. The molecule has 31 heavy (non-hydrogen) atoms. The smallest absolute Gasteiger partial charge is 0.268 e. The summed E-state index contributed by atoms with van der Waals surface area (Å²) in [7, 11) is -4.54. The standard InChI is InChI=1S/C22H20BrFN2O4S/c23-14-9-10-18(17(24)13-14)25-31(29,30)22-19(26-11-5-1-2-6-12-26)20(27)15-7-3-4-8-16(15)21(22)28/h3-4,7-10,13,25H,1-2,5-6,11-12H2. The van der Waals surface area contributed by atoms with Gasteiger partial charge < -0.3 is 4.90 Å². The second-order valence-electron chi connectivity index (χ2n) is 7.51. The van der Waals surface area contributed by atoms with Gasteiger partial charge in [0.15, 0.2) is 4.91 Å². The third kappa shape index (κ3) is 4.16. The Kier molecular flexibility index (Phi) is 5.98. The van der Waals surface area contributed by atoms with Crippen LogP contribution in [0.4, 0.5) is 10.1 Å². The van der Waals surface area contributed by atoms with Crippen molar-refractivity contribution < 1.29 is 22.4 Å². The molecule has 2 aromatic carbocycles. The van der Waals surface area contributed by atoms with Gasteiger partial charge in [-0.05, 0) is 31.0 Å². The number of halogens is 2. The predicted octanol–water partition coefficient (Wildman–Crippen LogP) is 4.50. The summed E-state index contributed by atoms with van der Waals surface area (Å²) in [4.78, 5) is 27.8. The van der Waals surface area contributed by atoms with E-state index in [2.05, 4.69) is 20.7 Å². The maximum atomic E-state index is 14.3. The molecule has 1 aliphatic carbocycles. The summed E-state index contributed by atoms with van der Waals surface area (Å²) < 4.78 is 43.6. The van der Waals surface area contributed by atoms with E-state index in [1.807, 2.05) is 0 Å². The zero-order chi connectivity index (χ0) is 22.2. The van der Waals surface area contributed by atoms with Crippen LogP contribution >= 0.6 is 15.9 Å². The van der Waals surface area contributed by atoms with E-state index in [0.717, 1.165) is 31.7 Å². The van der Waals surface area contributed by atoms with E-state index in [9.17, 15) is 22.4 Å². The number of Topliss-reactive ketones (excluding diaryl/α,β-unsaturated/α-hetero) is 2. The number of benzene rings is 2. The SMILES string of the molecule is O=C1C(N2CCCCCC2)=C(S(=O)(=O)Nc2ccc(Br)cc2F)C(=O)c2ccccc21. The molecule has 1 fully saturated rings. The van der Waals surface area contributed by atoms with E-state index in [1.54, 1.807) is 17.0 Å². The Morgan fingerprint density at radius 1 is 0.903 bits per heavy atom. The minimum atomic E-state index is -4.54. The fraction of sp³-hybridized carbons (Fsp3) is 0.273. The molecule has 0 aromatic heterocycles. The highest BCUT2D eigenvalue weighted by Gasteiger charge is 2.41. The first-order valence-corrected chi connectivity index (χ1v) is 12.2. The van der Waals surface area contributed by atoms with Crippen LogP contribution in [0, 0.1) is 5.82 Å². The Bertz CT molecular complexity index is 1200. The fourth-order valence-corrected chi connectivity index (χ4v) is 5.66. The van der Waals surface area contributed by atoms with Gasteiger partial charge in [-0.3, -0.25) is 14.3 Å². The molecule has 6 nitrogen and oxygen atoms in total. The highest BCUT2D eigenvalue weighted by molar-refractivity contribution is 9.10. The molecule has 0 unspecified atom stereocenters. The number of sulfonamides is 1. The van der Waals surface area contributed by atoms with Gasteiger partial charge in [-0.15, -0.1) is 0 Å². The molecule has 0 saturated carbocycles. The maximum absolute atomic E-state index is 14.3. The zero-order valence-corrected chi connectivity index (χ0v) is 18.9. The Morgan fingerprint density at radius 2 is 1.52 bits per heavy atom. The van der Waals surface area contributed by atoms with Crippen LogP contribution in [0.3, 0.4) is 0 Å². The Balaban J connectivity index is 1.87. The van der Waals surface area contributed by atoms with E-state index in [1.165, 1.54) is 24.3 Å². The Hall–Kier alpha value is -2.52. The number of nitrogens with one attached hydrogen (secondary N) is 1. The fourth-order valence-electron chi connectivity index (χ4n) is 3.94. The number of rotatable bonds is 4. The van der Waals surface area contributed by atoms with Crippen LogP contribution < -0.4 is 4.72 Å². The van der Waals surface area contributed by atoms with Crippen molar-refractivity contribution in [2.24, 2.45) is 0 Å². The summed E-state index contributed by atoms with van der Waals surface area (Å²) in [6, 6.07) is 10.0. The maximum Gasteiger partial charge on any atom is 0.268 e. The molecular formula is C22H20BrFN2O4S. The average Bonchev–Trinajstić information content (AvgIpc) is 3.02. The van der Waals surface area contributed by atoms with Crippen molar-refractivity contribution >= 4 is 43.2 Å². The molecule has 0 bridgehead atoms. The molecule has 0 spiro atoms. The van der Waals surface area contributed by atoms with Crippen molar-refractivity contribution in [2.45, 2.75) is 25.7 Å². The van der Waals surface area contributed by atoms with Gasteiger partial charge in [0.2, 0.25) is 11.6 Å². The number of hydrogen-bond acceptors (Lipinski definition) is 5. The topological polar surface area (TPSA) is 83.6 Å². The predicted molar refractivity (Wildman–Crippen MR) is 119 cm³/mol. The second-order valence-corrected chi connectivity index (χ2v) is 10.0. The quantitative estimate of drug-likeness (QED) is 0.659. The summed E-state index contributed by atoms with van der Waals surface area (Å²) in [6.07, 6.45) is 3.50. The highest BCUT2D eigenvalue weighted by atomic mass is 79.9. The number of carbonyl (C=O) groups is 2. The number of hydrogen-bond donors (Lipinski definition) is 1. The van der Waals surface area contributed by atoms with E-state index < -0.39 is 32.3 Å². The molecule has 0 radical (unpaired) electrons. The van der Waals surface area contributed by atoms with Gasteiger partial charge in [-0.25, -0.2) is 12.8 Å². The summed E-state index contributed by atoms with van der Waals surface area (Å²) in [5, 5.41) is 0. The van der Waals surface area contributed by atoms with E-state index in [0.29, 0.717) is 17.6 Å². The Labute approximate surface area is 188 Å². The van der Waals surface area contributed by atoms with Gasteiger partial charge >= 0.3 is 0 Å². The van der Waals surface area contributed by atoms with Crippen molar-refractivity contribution in [3.05, 3.63) is 74.5 Å². The first kappa shape index (κ1) is 21.7. The van der Waals surface area contributed by atoms with E-state index in [-0.39, 0.29) is 22.5 Å². The number of anilines is 1. The lowest BCUT2D eigenvalue weighted by Gasteiger charge is -2.30. The molecule has 0 atom stereocenters. The number of allylic oxidation sites excluding steroid dienone is 2. The van der Waals surface area contributed by atoms with E-state index >= 15 is 0 Å². The second kappa shape index (κ2) is 8.55. The lowest BCUT2D eigenvalue weighted by atomic mass is 9.91. The average molecular weight is 507 g/mol. The molecule has 1 aliphatic heterocycles. The first-order chi connectivity index (χ1) is 14.8. The summed E-state index contributed by atoms with van der Waals surface area (Å²) in [5.41, 5.74) is -0.219. The van der Waals surface area contributed by atoms with Crippen LogP contribution in [-0.2, 0) is 10.0 Å². The van der Waals surface area contributed by atoms with Crippen LogP contribution in [0.1, 0.15) is 46.4 Å². The normalized spacial score (nSPS) is 17.4. The third-order valence-corrected chi connectivity index (χ3v) is 7.32. The molecule has 4 rings (SSSR count). The van der Waals surface area contributed by atoms with Gasteiger partial charge in [0.1, 0.15) is 11.5 Å². The number of fused-ring (bicyclic) bond motifs is 1. The van der Waals surface area contributed by atoms with E-state index in [4.69, 9.17) is 0 Å². The van der Waals surface area contributed by atoms with Crippen LogP contribution in [0.5, 0.6) is 0 Å². The zero-order valence-electron chi connectivity index (χ0n) is 16.5. The summed E-state index contributed by atoms with van der Waals surface area (Å²) in [5.74, 6) is -2.07. The lowest BCUT2D eigenvalue weighted by molar-refractivity contribution is 0.0947. The lowest BCUT2D eigenvalue weighted by Crippen LogP contribution is -2.38. The summed E-state index contributed by atoms with van der Waals surface area (Å²) in [6.45, 7) is 0.949. The molecule has 162 valence electrons. The van der Waals surface area contributed by atoms with Gasteiger partial charge in [0, 0.05) is 28.7 Å². The highest BCUT2D eigenvalue weighted by Crippen LogP contribution is 2.34. The van der Waals surface area contributed by atoms with Crippen LogP contribution in [0.15, 0.2) is 57.5 Å². The molecular weight excluding hydrogens is 487 g/mol. The van der Waals surface area contributed by atoms with Gasteiger partial charge in [-0.2, -0.15) is 0 Å². The summed E-state index contributed by atoms with van der Waals surface area (Å²) >= 11 is 3.13. The first-order valence-electron chi connectivity index (χ1n) is 9.95. The van der Waals surface area contributed by atoms with Crippen molar-refractivity contribution in [2.75, 3.05) is 17.8 Å². The largest absolute Gasteiger partial charge is 0.367 e. The van der Waals surface area contributed by atoms with Crippen LogP contribution in [-0.4, -0.2) is 38.0 Å². The number of ketones is 2. The molecule has 1 saturated heterocycles. The molecule has 0 amide bonds. The Morgan fingerprint density at radius 3 is 2.13 bits per heavy atom. The molecule has 2 aliphatic rings. The molecule has 1 N–H and O–H groups in total.